The molecule has 2 heterocycles. The lowest BCUT2D eigenvalue weighted by Crippen LogP contribution is -2.52. The first-order valence-corrected chi connectivity index (χ1v) is 12.3. The number of ether oxygens (including phenoxy) is 1. The second-order valence-electron chi connectivity index (χ2n) is 9.72. The molecule has 1 aromatic heterocycles. The number of nitrogens with zero attached hydrogens (tertiary/aromatic N) is 2. The van der Waals surface area contributed by atoms with E-state index in [0.717, 1.165) is 22.4 Å². The van der Waals surface area contributed by atoms with Crippen LogP contribution in [0, 0.1) is 13.8 Å². The third-order valence-corrected chi connectivity index (χ3v) is 6.78. The molecule has 0 saturated carbocycles. The number of nitrogens with one attached hydrogen (secondary N) is 2. The second kappa shape index (κ2) is 10.5. The van der Waals surface area contributed by atoms with Crippen LogP contribution >= 0.6 is 0 Å². The van der Waals surface area contributed by atoms with Gasteiger partial charge in [-0.25, -0.2) is 0 Å². The lowest BCUT2D eigenvalue weighted by Gasteiger charge is -2.41. The van der Waals surface area contributed by atoms with Crippen molar-refractivity contribution in [1.82, 2.24) is 20.1 Å². The van der Waals surface area contributed by atoms with Crippen molar-refractivity contribution < 1.29 is 14.3 Å². The largest absolute Gasteiger partial charge is 0.491 e. The highest BCUT2D eigenvalue weighted by Crippen LogP contribution is 2.27. The van der Waals surface area contributed by atoms with Gasteiger partial charge in [-0.2, -0.15) is 0 Å². The van der Waals surface area contributed by atoms with Crippen molar-refractivity contribution >= 4 is 22.7 Å². The number of aromatic nitrogens is 1. The van der Waals surface area contributed by atoms with Gasteiger partial charge in [0.1, 0.15) is 5.75 Å². The van der Waals surface area contributed by atoms with E-state index in [1.54, 1.807) is 6.92 Å². The Bertz CT molecular complexity index is 1200. The average Bonchev–Trinajstić information content (AvgIpc) is 3.11. The van der Waals surface area contributed by atoms with E-state index in [9.17, 15) is 9.59 Å². The van der Waals surface area contributed by atoms with Gasteiger partial charge in [-0.3, -0.25) is 14.5 Å². The molecule has 3 aromatic rings. The van der Waals surface area contributed by atoms with Gasteiger partial charge < -0.3 is 19.9 Å². The van der Waals surface area contributed by atoms with Crippen LogP contribution < -0.4 is 10.1 Å². The van der Waals surface area contributed by atoms with Crippen LogP contribution in [0.3, 0.4) is 0 Å². The zero-order valence-corrected chi connectivity index (χ0v) is 21.4. The first-order valence-electron chi connectivity index (χ1n) is 12.3. The van der Waals surface area contributed by atoms with Gasteiger partial charge in [0, 0.05) is 49.7 Å². The van der Waals surface area contributed by atoms with Gasteiger partial charge in [0.25, 0.3) is 0 Å². The molecule has 0 spiro atoms. The Morgan fingerprint density at radius 2 is 1.86 bits per heavy atom. The van der Waals surface area contributed by atoms with Crippen molar-refractivity contribution in [2.24, 2.45) is 0 Å². The minimum Gasteiger partial charge on any atom is -0.491 e. The zero-order chi connectivity index (χ0) is 25.1. The maximum Gasteiger partial charge on any atom is 0.234 e. The molecular formula is C28H36N4O3. The Kier molecular flexibility index (Phi) is 7.45. The Balaban J connectivity index is 1.43. The summed E-state index contributed by atoms with van der Waals surface area (Å²) in [6, 6.07) is 14.2. The summed E-state index contributed by atoms with van der Waals surface area (Å²) in [6.07, 6.45) is 0.106. The maximum atomic E-state index is 12.9. The number of carbonyl (C=O) groups excluding carboxylic acids is 2. The molecule has 2 amide bonds. The second-order valence-corrected chi connectivity index (χ2v) is 9.72. The number of carbonyl (C=O) groups is 2. The van der Waals surface area contributed by atoms with Gasteiger partial charge in [0.05, 0.1) is 18.7 Å². The van der Waals surface area contributed by atoms with Crippen LogP contribution in [0.2, 0.25) is 0 Å². The third kappa shape index (κ3) is 5.85. The van der Waals surface area contributed by atoms with E-state index in [-0.39, 0.29) is 30.5 Å². The predicted octanol–water partition coefficient (Wildman–Crippen LogP) is 4.09. The molecule has 1 aliphatic heterocycles. The highest BCUT2D eigenvalue weighted by atomic mass is 16.5. The van der Waals surface area contributed by atoms with Crippen LogP contribution in [-0.4, -0.2) is 58.9 Å². The normalized spacial score (nSPS) is 16.6. The van der Waals surface area contributed by atoms with E-state index in [1.165, 1.54) is 16.6 Å². The summed E-state index contributed by atoms with van der Waals surface area (Å²) in [5, 5.41) is 4.28. The quantitative estimate of drug-likeness (QED) is 0.538. The third-order valence-electron chi connectivity index (χ3n) is 6.78. The molecule has 0 bridgehead atoms. The van der Waals surface area contributed by atoms with E-state index in [0.29, 0.717) is 26.2 Å². The zero-order valence-electron chi connectivity index (χ0n) is 21.4. The SMILES string of the molecule is CC(=O)N1CCN(CC(=O)NCc2ccc3[nH]c(C)c(C)c3c2)[C@H](c2ccc(OC(C)C)cc2)C1. The number of aryl methyl sites for hydroxylation is 2. The molecule has 7 heteroatoms. The molecule has 35 heavy (non-hydrogen) atoms. The van der Waals surface area contributed by atoms with E-state index >= 15 is 0 Å². The van der Waals surface area contributed by atoms with Crippen molar-refractivity contribution in [3.8, 4) is 5.75 Å². The summed E-state index contributed by atoms with van der Waals surface area (Å²) in [6.45, 7) is 12.4. The van der Waals surface area contributed by atoms with Crippen LogP contribution in [0.25, 0.3) is 10.9 Å². The van der Waals surface area contributed by atoms with Gasteiger partial charge in [-0.1, -0.05) is 18.2 Å². The van der Waals surface area contributed by atoms with Crippen molar-refractivity contribution in [3.05, 3.63) is 64.8 Å². The number of hydrogen-bond donors (Lipinski definition) is 2. The number of H-pyrrole nitrogens is 1. The molecule has 7 nitrogen and oxygen atoms in total. The molecule has 1 aliphatic rings. The van der Waals surface area contributed by atoms with Crippen LogP contribution in [-0.2, 0) is 16.1 Å². The highest BCUT2D eigenvalue weighted by Gasteiger charge is 2.30. The van der Waals surface area contributed by atoms with E-state index in [4.69, 9.17) is 4.74 Å². The molecule has 1 atom stereocenters. The summed E-state index contributed by atoms with van der Waals surface area (Å²) in [5.41, 5.74) is 5.67. The van der Waals surface area contributed by atoms with Crippen molar-refractivity contribution in [2.45, 2.75) is 53.3 Å². The van der Waals surface area contributed by atoms with Crippen LogP contribution in [0.5, 0.6) is 5.75 Å². The monoisotopic (exact) mass is 476 g/mol. The lowest BCUT2D eigenvalue weighted by molar-refractivity contribution is -0.132. The van der Waals surface area contributed by atoms with Gasteiger partial charge in [0.2, 0.25) is 11.8 Å². The molecule has 0 aliphatic carbocycles. The molecule has 2 N–H and O–H groups in total. The lowest BCUT2D eigenvalue weighted by atomic mass is 10.0. The summed E-state index contributed by atoms with van der Waals surface area (Å²) in [4.78, 5) is 32.4. The molecule has 2 aromatic carbocycles. The summed E-state index contributed by atoms with van der Waals surface area (Å²) < 4.78 is 5.77. The fourth-order valence-corrected chi connectivity index (χ4v) is 4.71. The number of piperazine rings is 1. The molecule has 0 unspecified atom stereocenters. The van der Waals surface area contributed by atoms with E-state index < -0.39 is 0 Å². The van der Waals surface area contributed by atoms with Crippen molar-refractivity contribution in [2.75, 3.05) is 26.2 Å². The molecule has 1 fully saturated rings. The highest BCUT2D eigenvalue weighted by molar-refractivity contribution is 5.85. The fourth-order valence-electron chi connectivity index (χ4n) is 4.71. The molecule has 186 valence electrons. The Morgan fingerprint density at radius 3 is 2.54 bits per heavy atom. The van der Waals surface area contributed by atoms with Gasteiger partial charge in [-0.15, -0.1) is 0 Å². The minimum atomic E-state index is -0.0478. The smallest absolute Gasteiger partial charge is 0.234 e. The maximum absolute atomic E-state index is 12.9. The molecule has 4 rings (SSSR count). The number of fused-ring (bicyclic) bond motifs is 1. The number of amides is 2. The Morgan fingerprint density at radius 1 is 1.11 bits per heavy atom. The van der Waals surface area contributed by atoms with Crippen LogP contribution in [0.15, 0.2) is 42.5 Å². The van der Waals surface area contributed by atoms with Crippen LogP contribution in [0.1, 0.15) is 49.2 Å². The number of aromatic amines is 1. The summed E-state index contributed by atoms with van der Waals surface area (Å²) >= 11 is 0. The minimum absolute atomic E-state index is 0.0203. The standard InChI is InChI=1S/C28H36N4O3/c1-18(2)35-24-9-7-23(8-10-24)27-16-31(21(5)33)12-13-32(27)17-28(34)29-15-22-6-11-26-25(14-22)19(3)20(4)30-26/h6-11,14,18,27,30H,12-13,15-17H2,1-5H3,(H,29,34)/t27-/m0/s1. The van der Waals surface area contributed by atoms with Crippen LogP contribution in [0.4, 0.5) is 0 Å². The molecule has 0 radical (unpaired) electrons. The van der Waals surface area contributed by atoms with Crippen molar-refractivity contribution in [3.63, 3.8) is 0 Å². The number of rotatable bonds is 7. The van der Waals surface area contributed by atoms with E-state index in [2.05, 4.69) is 41.2 Å². The Labute approximate surface area is 207 Å². The fraction of sp³-hybridized carbons (Fsp3) is 0.429. The van der Waals surface area contributed by atoms with Gasteiger partial charge in [-0.05, 0) is 68.7 Å². The average molecular weight is 477 g/mol. The van der Waals surface area contributed by atoms with Gasteiger partial charge in [0.15, 0.2) is 0 Å². The molecule has 1 saturated heterocycles. The topological polar surface area (TPSA) is 77.7 Å². The van der Waals surface area contributed by atoms with E-state index in [1.807, 2.05) is 49.1 Å². The van der Waals surface area contributed by atoms with Crippen molar-refractivity contribution in [1.29, 1.82) is 0 Å². The number of hydrogen-bond acceptors (Lipinski definition) is 4. The first kappa shape index (κ1) is 24.8. The predicted molar refractivity (Wildman–Crippen MR) is 138 cm³/mol. The van der Waals surface area contributed by atoms with Gasteiger partial charge >= 0.3 is 0 Å². The Hall–Kier alpha value is -3.32. The summed E-state index contributed by atoms with van der Waals surface area (Å²) in [5.74, 6) is 0.856. The number of benzene rings is 2. The summed E-state index contributed by atoms with van der Waals surface area (Å²) in [7, 11) is 0. The first-order chi connectivity index (χ1) is 16.7. The molecular weight excluding hydrogens is 440 g/mol.